The van der Waals surface area contributed by atoms with Crippen LogP contribution in [0.2, 0.25) is 0 Å². The first-order chi connectivity index (χ1) is 25.3. The van der Waals surface area contributed by atoms with Crippen molar-refractivity contribution in [2.75, 3.05) is 4.90 Å². The van der Waals surface area contributed by atoms with Crippen LogP contribution < -0.4 is 4.90 Å². The molecule has 0 aliphatic carbocycles. The lowest BCUT2D eigenvalue weighted by Gasteiger charge is -2.28. The minimum atomic E-state index is 0.590. The van der Waals surface area contributed by atoms with Crippen molar-refractivity contribution in [3.05, 3.63) is 182 Å². The molecule has 0 aliphatic rings. The molecule has 0 saturated carbocycles. The summed E-state index contributed by atoms with van der Waals surface area (Å²) < 4.78 is 12.8. The van der Waals surface area contributed by atoms with Gasteiger partial charge in [-0.1, -0.05) is 127 Å². The molecule has 0 bridgehead atoms. The fourth-order valence-corrected chi connectivity index (χ4v) is 7.32. The lowest BCUT2D eigenvalue weighted by molar-refractivity contribution is 0.617. The van der Waals surface area contributed by atoms with Crippen LogP contribution in [0.15, 0.2) is 191 Å². The van der Waals surface area contributed by atoms with E-state index in [2.05, 4.69) is 144 Å². The molecule has 51 heavy (non-hydrogen) atoms. The zero-order valence-corrected chi connectivity index (χ0v) is 27.5. The highest BCUT2D eigenvalue weighted by molar-refractivity contribution is 6.16. The lowest BCUT2D eigenvalue weighted by atomic mass is 9.97. The average molecular weight is 655 g/mol. The molecule has 0 unspecified atom stereocenters. The van der Waals surface area contributed by atoms with Gasteiger partial charge in [0.1, 0.15) is 16.7 Å². The van der Waals surface area contributed by atoms with Crippen molar-refractivity contribution in [2.45, 2.75) is 0 Å². The predicted octanol–water partition coefficient (Wildman–Crippen LogP) is 13.4. The number of fused-ring (bicyclic) bond motifs is 5. The van der Waals surface area contributed by atoms with Gasteiger partial charge in [-0.25, -0.2) is 4.98 Å². The summed E-state index contributed by atoms with van der Waals surface area (Å²) in [5.41, 5.74) is 11.7. The van der Waals surface area contributed by atoms with E-state index in [1.54, 1.807) is 0 Å². The Kier molecular flexibility index (Phi) is 6.78. The predicted molar refractivity (Wildman–Crippen MR) is 210 cm³/mol. The molecule has 4 heteroatoms. The first-order valence-electron chi connectivity index (χ1n) is 17.1. The van der Waals surface area contributed by atoms with Gasteiger partial charge in [-0.05, 0) is 76.0 Å². The molecular weight excluding hydrogens is 625 g/mol. The van der Waals surface area contributed by atoms with Crippen LogP contribution in [-0.2, 0) is 0 Å². The Morgan fingerprint density at radius 3 is 1.90 bits per heavy atom. The molecule has 4 nitrogen and oxygen atoms in total. The second-order valence-electron chi connectivity index (χ2n) is 12.7. The Hall–Kier alpha value is -6.91. The molecule has 10 rings (SSSR count). The summed E-state index contributed by atoms with van der Waals surface area (Å²) in [5, 5.41) is 4.46. The van der Waals surface area contributed by atoms with Gasteiger partial charge in [0.2, 0.25) is 5.89 Å². The molecule has 0 aliphatic heterocycles. The number of aromatic nitrogens is 1. The van der Waals surface area contributed by atoms with E-state index in [1.807, 2.05) is 42.5 Å². The smallest absolute Gasteiger partial charge is 0.227 e. The van der Waals surface area contributed by atoms with Crippen LogP contribution in [0, 0.1) is 0 Å². The Morgan fingerprint density at radius 2 is 1.06 bits per heavy atom. The number of hydrogen-bond acceptors (Lipinski definition) is 4. The normalized spacial score (nSPS) is 11.5. The summed E-state index contributed by atoms with van der Waals surface area (Å²) in [7, 11) is 0. The van der Waals surface area contributed by atoms with E-state index in [-0.39, 0.29) is 0 Å². The quantitative estimate of drug-likeness (QED) is 0.179. The van der Waals surface area contributed by atoms with Crippen LogP contribution in [0.3, 0.4) is 0 Å². The standard InChI is InChI=1S/C47H30N2O2/c1-3-13-32(14-4-1)38-20-9-10-22-41(38)49(35-27-25-33(26-28-35)37-21-11-18-31-15-7-8-19-36(31)37)42-23-12-24-43-46(42)39-29-40-45(30-44(39)50-43)51-47(48-40)34-16-5-2-6-17-34/h1-30H. The van der Waals surface area contributed by atoms with Crippen LogP contribution >= 0.6 is 0 Å². The molecule has 0 radical (unpaired) electrons. The monoisotopic (exact) mass is 654 g/mol. The van der Waals surface area contributed by atoms with Crippen LogP contribution in [0.4, 0.5) is 17.1 Å². The van der Waals surface area contributed by atoms with Crippen molar-refractivity contribution >= 4 is 60.9 Å². The van der Waals surface area contributed by atoms with Gasteiger partial charge in [0.05, 0.1) is 16.8 Å². The van der Waals surface area contributed by atoms with Gasteiger partial charge in [-0.3, -0.25) is 0 Å². The van der Waals surface area contributed by atoms with Gasteiger partial charge in [0.25, 0.3) is 0 Å². The number of anilines is 3. The molecule has 2 heterocycles. The number of para-hydroxylation sites is 1. The molecule has 2 aromatic heterocycles. The Morgan fingerprint density at radius 1 is 0.412 bits per heavy atom. The van der Waals surface area contributed by atoms with E-state index in [9.17, 15) is 0 Å². The minimum Gasteiger partial charge on any atom is -0.456 e. The largest absolute Gasteiger partial charge is 0.456 e. The molecule has 0 amide bonds. The zero-order valence-electron chi connectivity index (χ0n) is 27.5. The third-order valence-electron chi connectivity index (χ3n) is 9.70. The number of hydrogen-bond donors (Lipinski definition) is 0. The maximum atomic E-state index is 6.56. The summed E-state index contributed by atoms with van der Waals surface area (Å²) in [5.74, 6) is 0.590. The zero-order chi connectivity index (χ0) is 33.7. The van der Waals surface area contributed by atoms with Gasteiger partial charge >= 0.3 is 0 Å². The van der Waals surface area contributed by atoms with E-state index >= 15 is 0 Å². The molecule has 240 valence electrons. The molecular formula is C47H30N2O2. The fraction of sp³-hybridized carbons (Fsp3) is 0. The molecule has 0 fully saturated rings. The lowest BCUT2D eigenvalue weighted by Crippen LogP contribution is -2.11. The van der Waals surface area contributed by atoms with Gasteiger partial charge in [-0.15, -0.1) is 0 Å². The van der Waals surface area contributed by atoms with Crippen LogP contribution in [0.1, 0.15) is 0 Å². The van der Waals surface area contributed by atoms with E-state index in [0.717, 1.165) is 61.2 Å². The second kappa shape index (κ2) is 11.9. The number of furan rings is 1. The van der Waals surface area contributed by atoms with Gasteiger partial charge in [-0.2, -0.15) is 0 Å². The van der Waals surface area contributed by atoms with Gasteiger partial charge in [0, 0.05) is 28.3 Å². The highest BCUT2D eigenvalue weighted by Gasteiger charge is 2.23. The maximum Gasteiger partial charge on any atom is 0.227 e. The van der Waals surface area contributed by atoms with Crippen molar-refractivity contribution in [3.8, 4) is 33.7 Å². The molecule has 0 spiro atoms. The molecule has 0 atom stereocenters. The van der Waals surface area contributed by atoms with Crippen molar-refractivity contribution in [2.24, 2.45) is 0 Å². The topological polar surface area (TPSA) is 42.4 Å². The summed E-state index contributed by atoms with van der Waals surface area (Å²) in [6, 6.07) is 63.5. The second-order valence-corrected chi connectivity index (χ2v) is 12.7. The summed E-state index contributed by atoms with van der Waals surface area (Å²) >= 11 is 0. The first kappa shape index (κ1) is 29.0. The molecule has 0 N–H and O–H groups in total. The molecule has 0 saturated heterocycles. The maximum absolute atomic E-state index is 6.56. The van der Waals surface area contributed by atoms with Crippen LogP contribution in [0.25, 0.3) is 77.5 Å². The first-order valence-corrected chi connectivity index (χ1v) is 17.1. The number of benzene rings is 8. The highest BCUT2D eigenvalue weighted by atomic mass is 16.4. The SMILES string of the molecule is c1ccc(-c2nc3cc4c(cc3o2)oc2cccc(N(c3ccc(-c5cccc6ccccc56)cc3)c3ccccc3-c3ccccc3)c24)cc1. The molecule has 10 aromatic rings. The third kappa shape index (κ3) is 4.96. The van der Waals surface area contributed by atoms with E-state index in [0.29, 0.717) is 11.5 Å². The highest BCUT2D eigenvalue weighted by Crippen LogP contribution is 2.47. The molecule has 8 aromatic carbocycles. The van der Waals surface area contributed by atoms with Crippen molar-refractivity contribution in [1.29, 1.82) is 0 Å². The van der Waals surface area contributed by atoms with Crippen molar-refractivity contribution < 1.29 is 8.83 Å². The summed E-state index contributed by atoms with van der Waals surface area (Å²) in [6.45, 7) is 0. The van der Waals surface area contributed by atoms with Crippen molar-refractivity contribution in [1.82, 2.24) is 4.98 Å². The van der Waals surface area contributed by atoms with Crippen LogP contribution in [-0.4, -0.2) is 4.98 Å². The third-order valence-corrected chi connectivity index (χ3v) is 9.70. The number of oxazole rings is 1. The summed E-state index contributed by atoms with van der Waals surface area (Å²) in [4.78, 5) is 7.26. The van der Waals surface area contributed by atoms with Gasteiger partial charge in [0.15, 0.2) is 5.58 Å². The van der Waals surface area contributed by atoms with E-state index in [4.69, 9.17) is 13.8 Å². The summed E-state index contributed by atoms with van der Waals surface area (Å²) in [6.07, 6.45) is 0. The minimum absolute atomic E-state index is 0.590. The Bertz CT molecular complexity index is 2850. The average Bonchev–Trinajstić information content (AvgIpc) is 3.79. The Balaban J connectivity index is 1.19. The van der Waals surface area contributed by atoms with E-state index < -0.39 is 0 Å². The fourth-order valence-electron chi connectivity index (χ4n) is 7.32. The number of rotatable bonds is 6. The van der Waals surface area contributed by atoms with Gasteiger partial charge < -0.3 is 13.7 Å². The van der Waals surface area contributed by atoms with E-state index in [1.165, 1.54) is 21.9 Å². The Labute approximate surface area is 294 Å². The van der Waals surface area contributed by atoms with Crippen molar-refractivity contribution in [3.63, 3.8) is 0 Å². The number of nitrogens with zero attached hydrogens (tertiary/aromatic N) is 2. The van der Waals surface area contributed by atoms with Crippen LogP contribution in [0.5, 0.6) is 0 Å².